The smallest absolute Gasteiger partial charge is 0.404 e. The zero-order valence-electron chi connectivity index (χ0n) is 61.7. The standard InChI is InChI=1S/C25H38BN3O2.C24H35N3O.C19H26N2O.C6H12BNO2.C4H3ClO2.CH2Cl2.5CH4/c1-4-19(5-2)27-24(30)22-18-25(23-9-7-6-8-21(22)23)12-16-28(17-13-25)20-10-14-29(15-11-20)26(3)31;1-3-18(4-2)26-23(28)21-17-24(22-8-6-5-7-20(21)22)11-15-27(16-12-24)19-9-13-25-14-10-19;1-3-14(4-2)21-18(22)16-13-19(9-11-20-12-10-19)17-8-6-5-7-15(16)17;1-7(10)8-4-2-6(9)3-5-8;1-2-3-7-4(5)6;2-1-3;;;;;/h6-9,18-20,31H,4-5,10-17H2,1-3H3,(H,27,30);5-8,17-19,25H,3-4,9-16H2,1-2H3,(H,26,28);5-8,13-14,20H,3-4,9-12H2,1-2H3,(H,21,22);10H,2-5H2,1H3;1H,3H2;1H2;5*1H4. The van der Waals surface area contributed by atoms with Gasteiger partial charge in [0.2, 0.25) is 0 Å². The van der Waals surface area contributed by atoms with E-state index < -0.39 is 12.5 Å². The van der Waals surface area contributed by atoms with Crippen molar-refractivity contribution < 1.29 is 38.8 Å². The number of halogens is 3. The molecular weight excluding hydrogens is 1390 g/mol. The summed E-state index contributed by atoms with van der Waals surface area (Å²) in [4.78, 5) is 68.8. The Morgan fingerprint density at radius 1 is 0.519 bits per heavy atom. The lowest BCUT2D eigenvalue weighted by atomic mass is 9.74. The van der Waals surface area contributed by atoms with Gasteiger partial charge in [0.25, 0.3) is 17.7 Å². The number of allylic oxidation sites excluding steroid dienone is 3. The molecule has 3 amide bonds. The van der Waals surface area contributed by atoms with Crippen molar-refractivity contribution in [3.8, 4) is 12.3 Å². The van der Waals surface area contributed by atoms with E-state index in [-0.39, 0.29) is 108 Å². The molecule has 0 unspecified atom stereocenters. The van der Waals surface area contributed by atoms with Crippen LogP contribution < -0.4 is 26.6 Å². The predicted molar refractivity (Wildman–Crippen MR) is 450 cm³/mol. The number of nitrogens with zero attached hydrogens (tertiary/aromatic N) is 4. The number of fused-ring (bicyclic) bond motifs is 6. The number of Topliss-reactive ketones (excluding diaryl/α,β-unsaturated/α-hetero) is 1. The first-order chi connectivity index (χ1) is 48.7. The Hall–Kier alpha value is -5.33. The summed E-state index contributed by atoms with van der Waals surface area (Å²) >= 11 is 14.2. The second-order valence-corrected chi connectivity index (χ2v) is 29.6. The quantitative estimate of drug-likeness (QED) is 0.0291. The summed E-state index contributed by atoms with van der Waals surface area (Å²) < 4.78 is 4.08. The molecule has 106 heavy (non-hydrogen) atoms. The van der Waals surface area contributed by atoms with E-state index in [1.807, 2.05) is 17.7 Å². The average Bonchev–Trinajstić information content (AvgIpc) is 1.61. The van der Waals surface area contributed by atoms with E-state index in [0.29, 0.717) is 24.7 Å². The molecule has 3 aromatic rings. The zero-order valence-corrected chi connectivity index (χ0v) is 63.9. The highest BCUT2D eigenvalue weighted by atomic mass is 35.5. The van der Waals surface area contributed by atoms with Gasteiger partial charge in [0.15, 0.2) is 6.61 Å². The number of hydrogen-bond acceptors (Lipinski definition) is 14. The first-order valence-electron chi connectivity index (χ1n) is 37.8. The van der Waals surface area contributed by atoms with Gasteiger partial charge in [0.1, 0.15) is 5.78 Å². The van der Waals surface area contributed by atoms with Crippen molar-refractivity contribution in [3.63, 3.8) is 0 Å². The van der Waals surface area contributed by atoms with Crippen LogP contribution >= 0.6 is 34.8 Å². The van der Waals surface area contributed by atoms with Crippen molar-refractivity contribution in [1.82, 2.24) is 46.0 Å². The molecule has 0 radical (unpaired) electrons. The number of nitrogens with one attached hydrogen (secondary N) is 5. The van der Waals surface area contributed by atoms with Gasteiger partial charge in [-0.05, 0) is 228 Å². The lowest BCUT2D eigenvalue weighted by Crippen LogP contribution is -2.52. The Kier molecular flexibility index (Phi) is 44.1. The third-order valence-corrected chi connectivity index (χ3v) is 22.7. The van der Waals surface area contributed by atoms with Crippen LogP contribution in [0.25, 0.3) is 16.7 Å². The molecule has 6 aliphatic heterocycles. The van der Waals surface area contributed by atoms with E-state index in [1.54, 1.807) is 6.82 Å². The van der Waals surface area contributed by atoms with Crippen molar-refractivity contribution in [2.45, 2.75) is 254 Å². The minimum absolute atomic E-state index is 0. The third kappa shape index (κ3) is 25.9. The Balaban J connectivity index is 0.000000471. The highest BCUT2D eigenvalue weighted by Gasteiger charge is 2.46. The van der Waals surface area contributed by atoms with Gasteiger partial charge in [0.05, 0.1) is 5.34 Å². The number of piperidine rings is 6. The first-order valence-corrected chi connectivity index (χ1v) is 39.2. The van der Waals surface area contributed by atoms with Crippen LogP contribution in [0.15, 0.2) is 91.0 Å². The molecule has 6 saturated heterocycles. The monoisotopic (exact) mass is 1530 g/mol. The SMILES string of the molecule is C.C.C.C.C.C#CCOC(=O)Cl.CB(O)N1CCC(=O)CC1.CCC(CC)NC(=O)C1=CC2(CCN(C3CCN(B(C)O)CC3)CC2)c2ccccc21.CCC(CC)NC(=O)C1=CC2(CCN(C3CCNCC3)CC2)c2ccccc21.CCC(CC)NC(=O)C1=CC2(CCNCC2)c2ccccc21.ClCCl. The van der Waals surface area contributed by atoms with Crippen molar-refractivity contribution in [2.24, 2.45) is 0 Å². The van der Waals surface area contributed by atoms with Crippen LogP contribution in [0, 0.1) is 12.3 Å². The summed E-state index contributed by atoms with van der Waals surface area (Å²) in [5, 5.41) is 35.7. The molecule has 6 fully saturated rings. The third-order valence-electron chi connectivity index (χ3n) is 22.6. The molecule has 3 aromatic carbocycles. The summed E-state index contributed by atoms with van der Waals surface area (Å²) in [6.45, 7) is 28.5. The maximum atomic E-state index is 13.1. The molecule has 3 spiro atoms. The van der Waals surface area contributed by atoms with Crippen LogP contribution in [-0.2, 0) is 40.2 Å². The lowest BCUT2D eigenvalue weighted by Gasteiger charge is -2.45. The van der Waals surface area contributed by atoms with E-state index in [9.17, 15) is 29.0 Å². The maximum absolute atomic E-state index is 13.1. The molecule has 0 atom stereocenters. The molecule has 592 valence electrons. The Labute approximate surface area is 657 Å². The van der Waals surface area contributed by atoms with Crippen molar-refractivity contribution in [3.05, 3.63) is 124 Å². The first kappa shape index (κ1) is 96.7. The van der Waals surface area contributed by atoms with Gasteiger partial charge in [-0.3, -0.25) is 19.2 Å². The molecule has 0 aromatic heterocycles. The van der Waals surface area contributed by atoms with Crippen LogP contribution in [0.2, 0.25) is 13.6 Å². The van der Waals surface area contributed by atoms with E-state index in [4.69, 9.17) is 46.3 Å². The van der Waals surface area contributed by atoms with Crippen molar-refractivity contribution in [2.75, 3.05) is 90.5 Å². The molecule has 0 bridgehead atoms. The van der Waals surface area contributed by atoms with E-state index in [2.05, 4.69) is 178 Å². The molecule has 3 aliphatic carbocycles. The number of hydrogen-bond donors (Lipinski definition) is 7. The molecule has 0 saturated carbocycles. The molecule has 9 aliphatic rings. The number of alkyl halides is 2. The minimum Gasteiger partial charge on any atom is -0.441 e. The Morgan fingerprint density at radius 2 is 0.821 bits per heavy atom. The second kappa shape index (κ2) is 48.3. The Bertz CT molecular complexity index is 3270. The van der Waals surface area contributed by atoms with Gasteiger partial charge in [-0.25, -0.2) is 4.79 Å². The number of likely N-dealkylation sites (tertiary alicyclic amines) is 2. The maximum Gasteiger partial charge on any atom is 0.404 e. The summed E-state index contributed by atoms with van der Waals surface area (Å²) in [7, 11) is -0.733. The largest absolute Gasteiger partial charge is 0.441 e. The molecule has 12 rings (SSSR count). The molecule has 6 heterocycles. The summed E-state index contributed by atoms with van der Waals surface area (Å²) in [5.74, 6) is 2.68. The highest BCUT2D eigenvalue weighted by molar-refractivity contribution is 6.61. The number of ether oxygens (including phenoxy) is 1. The fourth-order valence-electron chi connectivity index (χ4n) is 16.3. The predicted octanol–water partition coefficient (Wildman–Crippen LogP) is 15.1. The van der Waals surface area contributed by atoms with Gasteiger partial charge < -0.3 is 60.8 Å². The number of carbonyl (C=O) groups excluding carboxylic acids is 5. The summed E-state index contributed by atoms with van der Waals surface area (Å²) in [6, 6.07) is 27.7. The number of carbonyl (C=O) groups is 5. The number of ketones is 1. The van der Waals surface area contributed by atoms with Crippen molar-refractivity contribution in [1.29, 1.82) is 0 Å². The highest BCUT2D eigenvalue weighted by Crippen LogP contribution is 2.50. The summed E-state index contributed by atoms with van der Waals surface area (Å²) in [6.07, 6.45) is 29.9. The number of rotatable bonds is 17. The zero-order chi connectivity index (χ0) is 73.1. The Morgan fingerprint density at radius 3 is 1.12 bits per heavy atom. The average molecular weight is 1530 g/mol. The van der Waals surface area contributed by atoms with E-state index in [1.165, 1.54) is 29.5 Å². The van der Waals surface area contributed by atoms with Gasteiger partial charge in [-0.1, -0.05) is 176 Å². The van der Waals surface area contributed by atoms with E-state index >= 15 is 0 Å². The van der Waals surface area contributed by atoms with Gasteiger partial charge >= 0.3 is 19.5 Å². The molecule has 17 nitrogen and oxygen atoms in total. The van der Waals surface area contributed by atoms with Crippen LogP contribution in [-0.4, -0.2) is 193 Å². The second-order valence-electron chi connectivity index (χ2n) is 28.5. The molecule has 22 heteroatoms. The summed E-state index contributed by atoms with van der Waals surface area (Å²) in [5.41, 5.74) is 9.35. The van der Waals surface area contributed by atoms with Crippen molar-refractivity contribution >= 4 is 94.6 Å². The fraction of sp³-hybridized carbons (Fsp3) is 0.631. The van der Waals surface area contributed by atoms with Gasteiger partial charge in [-0.2, -0.15) is 0 Å². The van der Waals surface area contributed by atoms with Crippen LogP contribution in [0.1, 0.15) is 228 Å². The van der Waals surface area contributed by atoms with Gasteiger partial charge in [0, 0.05) is 87.6 Å². The van der Waals surface area contributed by atoms with Gasteiger partial charge in [-0.15, -0.1) is 29.6 Å². The normalized spacial score (nSPS) is 18.9. The number of amides is 3. The fourth-order valence-corrected chi connectivity index (χ4v) is 16.4. The number of benzene rings is 3. The number of terminal acetylenes is 1. The molecule has 7 N–H and O–H groups in total. The molecular formula is C84H136B2Cl3N9O8. The van der Waals surface area contributed by atoms with Crippen LogP contribution in [0.3, 0.4) is 0 Å². The van der Waals surface area contributed by atoms with E-state index in [0.717, 1.165) is 208 Å². The van der Waals surface area contributed by atoms with Crippen LogP contribution in [0.5, 0.6) is 0 Å². The minimum atomic E-state index is -0.863. The van der Waals surface area contributed by atoms with Crippen LogP contribution in [0.4, 0.5) is 4.79 Å². The lowest BCUT2D eigenvalue weighted by molar-refractivity contribution is -0.121. The topological polar surface area (TPSA) is 208 Å².